The molecular weight excluding hydrogens is 265 g/mol. The monoisotopic (exact) mass is 293 g/mol. The fraction of sp³-hybridized carbons (Fsp3) is 0.647. The molecule has 1 heterocycles. The third-order valence-corrected chi connectivity index (χ3v) is 4.96. The number of hydrogen-bond acceptors (Lipinski definition) is 3. The maximum absolute atomic E-state index is 13.3. The number of piperidine rings is 1. The predicted octanol–water partition coefficient (Wildman–Crippen LogP) is 2.46. The fourth-order valence-corrected chi connectivity index (χ4v) is 3.28. The molecule has 1 fully saturated rings. The largest absolute Gasteiger partial charge is 0.329 e. The summed E-state index contributed by atoms with van der Waals surface area (Å²) in [5, 5.41) is 0. The van der Waals surface area contributed by atoms with Crippen LogP contribution in [0.3, 0.4) is 0 Å². The van der Waals surface area contributed by atoms with Gasteiger partial charge >= 0.3 is 0 Å². The lowest BCUT2D eigenvalue weighted by Crippen LogP contribution is -2.58. The fourth-order valence-electron chi connectivity index (χ4n) is 3.28. The molecule has 0 unspecified atom stereocenters. The number of halogens is 1. The number of hydrogen-bond donors (Lipinski definition) is 1. The van der Waals surface area contributed by atoms with Crippen molar-refractivity contribution in [2.24, 2.45) is 5.73 Å². The number of likely N-dealkylation sites (N-methyl/N-ethyl adjacent to an activating group) is 1. The first kappa shape index (κ1) is 16.4. The minimum atomic E-state index is -0.169. The lowest BCUT2D eigenvalue weighted by molar-refractivity contribution is 0.0297. The van der Waals surface area contributed by atoms with Gasteiger partial charge in [-0.05, 0) is 51.4 Å². The summed E-state index contributed by atoms with van der Waals surface area (Å²) in [7, 11) is 2.11. The van der Waals surface area contributed by atoms with Crippen molar-refractivity contribution in [2.45, 2.75) is 44.8 Å². The summed E-state index contributed by atoms with van der Waals surface area (Å²) in [5.41, 5.74) is 7.16. The summed E-state index contributed by atoms with van der Waals surface area (Å²) in [4.78, 5) is 4.82. The Kier molecular flexibility index (Phi) is 5.36. The SMILES string of the molecule is CC(C)N1CCC(CN)(N(C)Cc2cccc(F)c2)CC1. The number of benzene rings is 1. The van der Waals surface area contributed by atoms with Gasteiger partial charge < -0.3 is 10.6 Å². The Morgan fingerprint density at radius 2 is 2.00 bits per heavy atom. The van der Waals surface area contributed by atoms with E-state index in [0.717, 1.165) is 38.0 Å². The average molecular weight is 293 g/mol. The molecule has 0 atom stereocenters. The maximum Gasteiger partial charge on any atom is 0.123 e. The van der Waals surface area contributed by atoms with Crippen LogP contribution in [-0.2, 0) is 6.54 Å². The van der Waals surface area contributed by atoms with Gasteiger partial charge in [-0.1, -0.05) is 12.1 Å². The van der Waals surface area contributed by atoms with E-state index in [1.165, 1.54) is 6.07 Å². The standard InChI is InChI=1S/C17H28FN3/c1-14(2)21-9-7-17(13-19,8-10-21)20(3)12-15-5-4-6-16(18)11-15/h4-6,11,14H,7-10,12-13,19H2,1-3H3. The van der Waals surface area contributed by atoms with Gasteiger partial charge in [0.2, 0.25) is 0 Å². The highest BCUT2D eigenvalue weighted by atomic mass is 19.1. The number of likely N-dealkylation sites (tertiary alicyclic amines) is 1. The molecule has 1 aromatic carbocycles. The van der Waals surface area contributed by atoms with Crippen molar-refractivity contribution in [1.82, 2.24) is 9.80 Å². The van der Waals surface area contributed by atoms with Gasteiger partial charge in [0.15, 0.2) is 0 Å². The van der Waals surface area contributed by atoms with Gasteiger partial charge in [0.05, 0.1) is 0 Å². The van der Waals surface area contributed by atoms with E-state index in [1.54, 1.807) is 12.1 Å². The molecule has 0 radical (unpaired) electrons. The molecule has 1 aromatic rings. The van der Waals surface area contributed by atoms with Gasteiger partial charge in [-0.25, -0.2) is 4.39 Å². The van der Waals surface area contributed by atoms with Crippen molar-refractivity contribution < 1.29 is 4.39 Å². The van der Waals surface area contributed by atoms with Gasteiger partial charge in [-0.3, -0.25) is 4.90 Å². The molecule has 2 N–H and O–H groups in total. The maximum atomic E-state index is 13.3. The molecule has 21 heavy (non-hydrogen) atoms. The summed E-state index contributed by atoms with van der Waals surface area (Å²) in [6, 6.07) is 7.45. The van der Waals surface area contributed by atoms with E-state index in [9.17, 15) is 4.39 Å². The first-order valence-corrected chi connectivity index (χ1v) is 7.87. The Labute approximate surface area is 127 Å². The van der Waals surface area contributed by atoms with Crippen LogP contribution < -0.4 is 5.73 Å². The highest BCUT2D eigenvalue weighted by molar-refractivity contribution is 5.16. The Hall–Kier alpha value is -0.970. The molecule has 0 saturated carbocycles. The van der Waals surface area contributed by atoms with Crippen molar-refractivity contribution in [2.75, 3.05) is 26.7 Å². The molecule has 0 aliphatic carbocycles. The zero-order valence-electron chi connectivity index (χ0n) is 13.5. The van der Waals surface area contributed by atoms with E-state index in [0.29, 0.717) is 12.6 Å². The smallest absolute Gasteiger partial charge is 0.123 e. The topological polar surface area (TPSA) is 32.5 Å². The first-order chi connectivity index (χ1) is 9.97. The van der Waals surface area contributed by atoms with Crippen LogP contribution in [0.4, 0.5) is 4.39 Å². The van der Waals surface area contributed by atoms with Crippen molar-refractivity contribution in [3.05, 3.63) is 35.6 Å². The second-order valence-electron chi connectivity index (χ2n) is 6.54. The van der Waals surface area contributed by atoms with Crippen LogP contribution in [0.1, 0.15) is 32.3 Å². The summed E-state index contributed by atoms with van der Waals surface area (Å²) in [6.45, 7) is 8.06. The number of nitrogens with two attached hydrogens (primary N) is 1. The third kappa shape index (κ3) is 3.82. The van der Waals surface area contributed by atoms with E-state index in [-0.39, 0.29) is 11.4 Å². The highest BCUT2D eigenvalue weighted by Gasteiger charge is 2.37. The quantitative estimate of drug-likeness (QED) is 0.905. The minimum Gasteiger partial charge on any atom is -0.329 e. The summed E-state index contributed by atoms with van der Waals surface area (Å²) >= 11 is 0. The molecule has 1 saturated heterocycles. The highest BCUT2D eigenvalue weighted by Crippen LogP contribution is 2.29. The van der Waals surface area contributed by atoms with Gasteiger partial charge in [0, 0.05) is 37.8 Å². The first-order valence-electron chi connectivity index (χ1n) is 7.87. The molecular formula is C17H28FN3. The van der Waals surface area contributed by atoms with E-state index < -0.39 is 0 Å². The average Bonchev–Trinajstić information content (AvgIpc) is 2.47. The molecule has 0 bridgehead atoms. The zero-order valence-corrected chi connectivity index (χ0v) is 13.5. The third-order valence-electron chi connectivity index (χ3n) is 4.96. The molecule has 2 rings (SSSR count). The van der Waals surface area contributed by atoms with Crippen molar-refractivity contribution in [1.29, 1.82) is 0 Å². The second kappa shape index (κ2) is 6.86. The van der Waals surface area contributed by atoms with Crippen molar-refractivity contribution in [3.63, 3.8) is 0 Å². The summed E-state index contributed by atoms with van der Waals surface area (Å²) in [6.07, 6.45) is 2.15. The van der Waals surface area contributed by atoms with Gasteiger partial charge in [0.1, 0.15) is 5.82 Å². The van der Waals surface area contributed by atoms with Crippen LogP contribution in [-0.4, -0.2) is 48.1 Å². The van der Waals surface area contributed by atoms with E-state index in [1.807, 2.05) is 6.07 Å². The van der Waals surface area contributed by atoms with Crippen molar-refractivity contribution >= 4 is 0 Å². The second-order valence-corrected chi connectivity index (χ2v) is 6.54. The molecule has 0 amide bonds. The molecule has 0 aromatic heterocycles. The molecule has 0 spiro atoms. The van der Waals surface area contributed by atoms with Crippen LogP contribution in [0.2, 0.25) is 0 Å². The zero-order chi connectivity index (χ0) is 15.5. The Morgan fingerprint density at radius 3 is 2.52 bits per heavy atom. The molecule has 3 nitrogen and oxygen atoms in total. The minimum absolute atomic E-state index is 0.0394. The van der Waals surface area contributed by atoms with Gasteiger partial charge in [0.25, 0.3) is 0 Å². The van der Waals surface area contributed by atoms with Crippen LogP contribution in [0.15, 0.2) is 24.3 Å². The summed E-state index contributed by atoms with van der Waals surface area (Å²) in [5.74, 6) is -0.169. The van der Waals surface area contributed by atoms with Gasteiger partial charge in [-0.2, -0.15) is 0 Å². The lowest BCUT2D eigenvalue weighted by Gasteiger charge is -2.48. The van der Waals surface area contributed by atoms with Crippen LogP contribution in [0.5, 0.6) is 0 Å². The van der Waals surface area contributed by atoms with E-state index >= 15 is 0 Å². The Balaban J connectivity index is 2.03. The van der Waals surface area contributed by atoms with Crippen LogP contribution in [0, 0.1) is 5.82 Å². The van der Waals surface area contributed by atoms with Crippen LogP contribution >= 0.6 is 0 Å². The Bertz CT molecular complexity index is 453. The number of nitrogens with zero attached hydrogens (tertiary/aromatic N) is 2. The van der Waals surface area contributed by atoms with Crippen molar-refractivity contribution in [3.8, 4) is 0 Å². The van der Waals surface area contributed by atoms with E-state index in [2.05, 4.69) is 30.7 Å². The molecule has 4 heteroatoms. The normalized spacial score (nSPS) is 19.4. The molecule has 118 valence electrons. The van der Waals surface area contributed by atoms with Crippen LogP contribution in [0.25, 0.3) is 0 Å². The van der Waals surface area contributed by atoms with Gasteiger partial charge in [-0.15, -0.1) is 0 Å². The number of rotatable bonds is 5. The summed E-state index contributed by atoms with van der Waals surface area (Å²) < 4.78 is 13.3. The molecule has 1 aliphatic rings. The Morgan fingerprint density at radius 1 is 1.33 bits per heavy atom. The lowest BCUT2D eigenvalue weighted by atomic mass is 9.85. The molecule has 1 aliphatic heterocycles. The predicted molar refractivity (Wildman–Crippen MR) is 85.6 cm³/mol. The van der Waals surface area contributed by atoms with E-state index in [4.69, 9.17) is 5.73 Å².